The first-order valence-electron chi connectivity index (χ1n) is 5.09. The van der Waals surface area contributed by atoms with Crippen molar-refractivity contribution >= 4 is 27.5 Å². The number of carbonyl (C=O) groups excluding carboxylic acids is 1. The summed E-state index contributed by atoms with van der Waals surface area (Å²) in [6.07, 6.45) is 0. The van der Waals surface area contributed by atoms with Crippen molar-refractivity contribution in [3.63, 3.8) is 0 Å². The Bertz CT molecular complexity index is 323. The zero-order chi connectivity index (χ0) is 12.6. The van der Waals surface area contributed by atoms with Gasteiger partial charge in [0.05, 0.1) is 5.75 Å². The molecule has 0 aromatic carbocycles. The first-order chi connectivity index (χ1) is 7.39. The predicted octanol–water partition coefficient (Wildman–Crippen LogP) is 1.05. The molecule has 0 aromatic rings. The van der Waals surface area contributed by atoms with Crippen LogP contribution in [0.2, 0.25) is 0 Å². The van der Waals surface area contributed by atoms with Crippen molar-refractivity contribution in [3.8, 4) is 0 Å². The lowest BCUT2D eigenvalue weighted by Gasteiger charge is -2.06. The lowest BCUT2D eigenvalue weighted by Crippen LogP contribution is -2.29. The topological polar surface area (TPSA) is 63.2 Å². The average molecular weight is 265 g/mol. The number of hydrogen-bond acceptors (Lipinski definition) is 4. The van der Waals surface area contributed by atoms with Gasteiger partial charge in [-0.05, 0) is 0 Å². The van der Waals surface area contributed by atoms with Gasteiger partial charge < -0.3 is 5.32 Å². The van der Waals surface area contributed by atoms with Gasteiger partial charge in [0.25, 0.3) is 0 Å². The highest BCUT2D eigenvalue weighted by Crippen LogP contribution is 2.02. The summed E-state index contributed by atoms with van der Waals surface area (Å²) in [5.74, 6) is 1.39. The minimum Gasteiger partial charge on any atom is -0.355 e. The quantitative estimate of drug-likeness (QED) is 0.666. The van der Waals surface area contributed by atoms with Crippen LogP contribution in [0.15, 0.2) is 12.0 Å². The number of hydrogen-bond donors (Lipinski definition) is 1. The van der Waals surface area contributed by atoms with E-state index >= 15 is 0 Å². The van der Waals surface area contributed by atoms with Crippen molar-refractivity contribution in [2.24, 2.45) is 5.92 Å². The molecule has 1 amide bonds. The Kier molecular flexibility index (Phi) is 7.49. The zero-order valence-corrected chi connectivity index (χ0v) is 11.4. The molecule has 0 rings (SSSR count). The van der Waals surface area contributed by atoms with Gasteiger partial charge in [-0.1, -0.05) is 20.4 Å². The van der Waals surface area contributed by atoms with Crippen LogP contribution in [0.4, 0.5) is 0 Å². The second-order valence-corrected chi connectivity index (χ2v) is 6.88. The summed E-state index contributed by atoms with van der Waals surface area (Å²) in [6.45, 7) is 7.48. The van der Waals surface area contributed by atoms with E-state index in [2.05, 4.69) is 11.9 Å². The number of carbonyl (C=O) groups is 1. The summed E-state index contributed by atoms with van der Waals surface area (Å²) in [7, 11) is -3.08. The van der Waals surface area contributed by atoms with Crippen molar-refractivity contribution < 1.29 is 13.2 Å². The Balaban J connectivity index is 3.49. The summed E-state index contributed by atoms with van der Waals surface area (Å²) >= 11 is 1.51. The number of rotatable bonds is 8. The lowest BCUT2D eigenvalue weighted by molar-refractivity contribution is -0.123. The zero-order valence-electron chi connectivity index (χ0n) is 9.73. The van der Waals surface area contributed by atoms with Crippen molar-refractivity contribution in [1.29, 1.82) is 0 Å². The van der Waals surface area contributed by atoms with Gasteiger partial charge in [0.2, 0.25) is 5.91 Å². The molecule has 0 heterocycles. The third kappa shape index (κ3) is 7.76. The molecule has 6 heteroatoms. The molecule has 4 nitrogen and oxygen atoms in total. The van der Waals surface area contributed by atoms with E-state index in [1.807, 2.05) is 13.8 Å². The van der Waals surface area contributed by atoms with Crippen LogP contribution in [0, 0.1) is 5.92 Å². The maximum Gasteiger partial charge on any atom is 0.222 e. The Morgan fingerprint density at radius 1 is 1.44 bits per heavy atom. The van der Waals surface area contributed by atoms with E-state index in [0.29, 0.717) is 12.3 Å². The van der Waals surface area contributed by atoms with E-state index in [9.17, 15) is 13.2 Å². The molecule has 94 valence electrons. The first-order valence-corrected chi connectivity index (χ1v) is 7.96. The Morgan fingerprint density at radius 2 is 2.06 bits per heavy atom. The first kappa shape index (κ1) is 15.5. The fourth-order valence-electron chi connectivity index (χ4n) is 0.811. The molecule has 0 aromatic heterocycles. The molecular weight excluding hydrogens is 246 g/mol. The minimum absolute atomic E-state index is 0.00820. The fraction of sp³-hybridized carbons (Fsp3) is 0.700. The maximum absolute atomic E-state index is 11.2. The van der Waals surface area contributed by atoms with Crippen LogP contribution in [0.3, 0.4) is 0 Å². The van der Waals surface area contributed by atoms with Crippen LogP contribution in [0.1, 0.15) is 13.8 Å². The number of sulfone groups is 1. The van der Waals surface area contributed by atoms with E-state index in [4.69, 9.17) is 0 Å². The van der Waals surface area contributed by atoms with Gasteiger partial charge in [-0.3, -0.25) is 4.79 Å². The molecule has 1 N–H and O–H groups in total. The van der Waals surface area contributed by atoms with Gasteiger partial charge >= 0.3 is 0 Å². The van der Waals surface area contributed by atoms with E-state index in [-0.39, 0.29) is 17.6 Å². The van der Waals surface area contributed by atoms with Gasteiger partial charge in [-0.15, -0.1) is 0 Å². The molecule has 0 aliphatic rings. The highest BCUT2D eigenvalue weighted by Gasteiger charge is 2.06. The normalized spacial score (nSPS) is 11.4. The minimum atomic E-state index is -3.08. The molecule has 16 heavy (non-hydrogen) atoms. The van der Waals surface area contributed by atoms with Crippen LogP contribution in [0.25, 0.3) is 0 Å². The molecule has 0 atom stereocenters. The van der Waals surface area contributed by atoms with E-state index in [1.54, 1.807) is 0 Å². The van der Waals surface area contributed by atoms with Gasteiger partial charge in [0.15, 0.2) is 9.84 Å². The second-order valence-electron chi connectivity index (χ2n) is 3.59. The molecule has 0 bridgehead atoms. The third-order valence-electron chi connectivity index (χ3n) is 1.84. The maximum atomic E-state index is 11.2. The fourth-order valence-corrected chi connectivity index (χ4v) is 2.83. The largest absolute Gasteiger partial charge is 0.355 e. The summed E-state index contributed by atoms with van der Waals surface area (Å²) in [5.41, 5.74) is 0. The molecule has 0 saturated carbocycles. The number of thioether (sulfide) groups is 1. The molecule has 0 aliphatic heterocycles. The Morgan fingerprint density at radius 3 is 2.56 bits per heavy atom. The van der Waals surface area contributed by atoms with Gasteiger partial charge in [0.1, 0.15) is 0 Å². The van der Waals surface area contributed by atoms with E-state index in [1.165, 1.54) is 11.8 Å². The van der Waals surface area contributed by atoms with E-state index in [0.717, 1.165) is 11.2 Å². The summed E-state index contributed by atoms with van der Waals surface area (Å²) in [5, 5.41) is 3.74. The second kappa shape index (κ2) is 7.73. The average Bonchev–Trinajstić information content (AvgIpc) is 2.22. The number of nitrogens with one attached hydrogen (secondary N) is 1. The smallest absolute Gasteiger partial charge is 0.222 e. The highest BCUT2D eigenvalue weighted by molar-refractivity contribution is 8.01. The SMILES string of the molecule is C=CS(=O)(=O)CCSCCNC(=O)C(C)C. The third-order valence-corrected chi connectivity index (χ3v) is 4.36. The molecule has 0 saturated heterocycles. The van der Waals surface area contributed by atoms with Crippen LogP contribution >= 0.6 is 11.8 Å². The molecular formula is C10H19NO3S2. The predicted molar refractivity (Wildman–Crippen MR) is 69.2 cm³/mol. The number of amides is 1. The molecule has 0 radical (unpaired) electrons. The molecule has 0 fully saturated rings. The van der Waals surface area contributed by atoms with Gasteiger partial charge in [-0.2, -0.15) is 11.8 Å². The highest BCUT2D eigenvalue weighted by atomic mass is 32.2. The standard InChI is InChI=1S/C10H19NO3S2/c1-4-16(13,14)8-7-15-6-5-11-10(12)9(2)3/h4,9H,1,5-8H2,2-3H3,(H,11,12). The molecule has 0 aliphatic carbocycles. The summed E-state index contributed by atoms with van der Waals surface area (Å²) in [4.78, 5) is 11.2. The van der Waals surface area contributed by atoms with Crippen molar-refractivity contribution in [2.45, 2.75) is 13.8 Å². The van der Waals surface area contributed by atoms with Crippen LogP contribution < -0.4 is 5.32 Å². The van der Waals surface area contributed by atoms with Crippen molar-refractivity contribution in [1.82, 2.24) is 5.32 Å². The monoisotopic (exact) mass is 265 g/mol. The van der Waals surface area contributed by atoms with Crippen LogP contribution in [-0.2, 0) is 14.6 Å². The van der Waals surface area contributed by atoms with Crippen LogP contribution in [0.5, 0.6) is 0 Å². The Labute approximate surface area is 102 Å². The van der Waals surface area contributed by atoms with E-state index < -0.39 is 9.84 Å². The van der Waals surface area contributed by atoms with Crippen LogP contribution in [-0.4, -0.2) is 38.1 Å². The summed E-state index contributed by atoms with van der Waals surface area (Å²) in [6, 6.07) is 0. The molecule has 0 spiro atoms. The molecule has 0 unspecified atom stereocenters. The van der Waals surface area contributed by atoms with Gasteiger partial charge in [-0.25, -0.2) is 8.42 Å². The Hall–Kier alpha value is -0.490. The van der Waals surface area contributed by atoms with Gasteiger partial charge in [0, 0.05) is 29.4 Å². The van der Waals surface area contributed by atoms with Crippen molar-refractivity contribution in [2.75, 3.05) is 23.8 Å². The lowest BCUT2D eigenvalue weighted by atomic mass is 10.2. The summed E-state index contributed by atoms with van der Waals surface area (Å²) < 4.78 is 22.1. The van der Waals surface area contributed by atoms with Crippen molar-refractivity contribution in [3.05, 3.63) is 12.0 Å².